The van der Waals surface area contributed by atoms with Crippen LogP contribution in [0.2, 0.25) is 5.02 Å². The number of ether oxygens (including phenoxy) is 1. The van der Waals surface area contributed by atoms with Crippen LogP contribution in [0.5, 0.6) is 0 Å². The Hall–Kier alpha value is -2.14. The highest BCUT2D eigenvalue weighted by Crippen LogP contribution is 2.47. The maximum atomic E-state index is 13.7. The Morgan fingerprint density at radius 3 is 2.60 bits per heavy atom. The summed E-state index contributed by atoms with van der Waals surface area (Å²) in [6, 6.07) is 10.1. The van der Waals surface area contributed by atoms with E-state index in [0.717, 1.165) is 6.07 Å². The summed E-state index contributed by atoms with van der Waals surface area (Å²) in [4.78, 5) is 15.1. The first-order valence-corrected chi connectivity index (χ1v) is 9.23. The van der Waals surface area contributed by atoms with Crippen molar-refractivity contribution in [2.45, 2.75) is 0 Å². The van der Waals surface area contributed by atoms with Crippen molar-refractivity contribution in [2.75, 3.05) is 14.2 Å². The number of H-pyrrole nitrogens is 1. The van der Waals surface area contributed by atoms with Gasteiger partial charge in [-0.2, -0.15) is 0 Å². The molecular formula is C17H14ClFNO4P. The van der Waals surface area contributed by atoms with Gasteiger partial charge in [-0.25, -0.2) is 9.18 Å². The van der Waals surface area contributed by atoms with Crippen molar-refractivity contribution in [3.05, 3.63) is 59.0 Å². The number of benzene rings is 2. The summed E-state index contributed by atoms with van der Waals surface area (Å²) in [6.45, 7) is 0. The fraction of sp³-hybridized carbons (Fsp3) is 0.118. The molecular weight excluding hydrogens is 368 g/mol. The quantitative estimate of drug-likeness (QED) is 0.553. The van der Waals surface area contributed by atoms with E-state index in [-0.39, 0.29) is 16.3 Å². The number of halogens is 2. The van der Waals surface area contributed by atoms with E-state index >= 15 is 0 Å². The van der Waals surface area contributed by atoms with Crippen molar-refractivity contribution in [3.63, 3.8) is 0 Å². The number of hydrogen-bond donors (Lipinski definition) is 1. The average Bonchev–Trinajstić information content (AvgIpc) is 2.99. The Morgan fingerprint density at radius 2 is 1.96 bits per heavy atom. The molecule has 1 aromatic heterocycles. The summed E-state index contributed by atoms with van der Waals surface area (Å²) >= 11 is 6.06. The Balaban J connectivity index is 2.40. The zero-order valence-corrected chi connectivity index (χ0v) is 15.0. The number of carbonyl (C=O) groups excluding carboxylic acids is 1. The van der Waals surface area contributed by atoms with E-state index in [1.807, 2.05) is 0 Å². The highest BCUT2D eigenvalue weighted by molar-refractivity contribution is 7.75. The fourth-order valence-corrected chi connectivity index (χ4v) is 5.03. The van der Waals surface area contributed by atoms with Gasteiger partial charge in [0.25, 0.3) is 7.37 Å². The molecule has 0 aliphatic carbocycles. The normalized spacial score (nSPS) is 13.6. The van der Waals surface area contributed by atoms with Gasteiger partial charge in [0.2, 0.25) is 0 Å². The Kier molecular flexibility index (Phi) is 4.69. The largest absolute Gasteiger partial charge is 0.464 e. The minimum absolute atomic E-state index is 0.0192. The first-order valence-electron chi connectivity index (χ1n) is 7.22. The van der Waals surface area contributed by atoms with E-state index in [0.29, 0.717) is 15.9 Å². The third-order valence-corrected chi connectivity index (χ3v) is 6.58. The number of carbonyl (C=O) groups is 1. The minimum Gasteiger partial charge on any atom is -0.464 e. The zero-order chi connectivity index (χ0) is 18.2. The summed E-state index contributed by atoms with van der Waals surface area (Å²) in [6.07, 6.45) is 0. The van der Waals surface area contributed by atoms with E-state index in [1.165, 1.54) is 32.4 Å². The first-order chi connectivity index (χ1) is 11.9. The van der Waals surface area contributed by atoms with Crippen LogP contribution in [0.15, 0.2) is 42.5 Å². The van der Waals surface area contributed by atoms with Crippen LogP contribution >= 0.6 is 19.0 Å². The molecule has 0 fully saturated rings. The molecule has 130 valence electrons. The molecule has 1 unspecified atom stereocenters. The lowest BCUT2D eigenvalue weighted by Gasteiger charge is -2.17. The van der Waals surface area contributed by atoms with Gasteiger partial charge in [-0.05, 0) is 36.4 Å². The van der Waals surface area contributed by atoms with E-state index in [4.69, 9.17) is 20.9 Å². The van der Waals surface area contributed by atoms with Crippen LogP contribution in [0.3, 0.4) is 0 Å². The number of aromatic amines is 1. The molecule has 5 nitrogen and oxygen atoms in total. The number of fused-ring (bicyclic) bond motifs is 1. The number of aromatic nitrogens is 1. The maximum absolute atomic E-state index is 13.7. The van der Waals surface area contributed by atoms with Gasteiger partial charge in [0, 0.05) is 28.3 Å². The molecule has 2 aromatic carbocycles. The fourth-order valence-electron chi connectivity index (χ4n) is 2.69. The molecule has 0 aliphatic heterocycles. The minimum atomic E-state index is -3.78. The van der Waals surface area contributed by atoms with Crippen LogP contribution in [-0.2, 0) is 13.8 Å². The smallest absolute Gasteiger partial charge is 0.355 e. The number of rotatable bonds is 4. The predicted molar refractivity (Wildman–Crippen MR) is 94.9 cm³/mol. The van der Waals surface area contributed by atoms with Gasteiger partial charge in [0.05, 0.1) is 12.4 Å². The Labute approximate surface area is 148 Å². The van der Waals surface area contributed by atoms with E-state index < -0.39 is 19.2 Å². The summed E-state index contributed by atoms with van der Waals surface area (Å²) in [7, 11) is -1.33. The predicted octanol–water partition coefficient (Wildman–Crippen LogP) is 3.62. The zero-order valence-electron chi connectivity index (χ0n) is 13.4. The second kappa shape index (κ2) is 6.64. The van der Waals surface area contributed by atoms with Gasteiger partial charge >= 0.3 is 5.97 Å². The molecule has 0 aliphatic rings. The van der Waals surface area contributed by atoms with Crippen LogP contribution < -0.4 is 10.6 Å². The average molecular weight is 382 g/mol. The highest BCUT2D eigenvalue weighted by atomic mass is 35.5. The molecule has 1 atom stereocenters. The van der Waals surface area contributed by atoms with Gasteiger partial charge < -0.3 is 14.2 Å². The van der Waals surface area contributed by atoms with Crippen molar-refractivity contribution in [1.29, 1.82) is 0 Å². The first kappa shape index (κ1) is 17.7. The number of methoxy groups -OCH3 is 1. The standard InChI is InChI=1S/C17H14ClFNO4P/c1-23-17(21)15-16(13-8-10(18)6-7-14(13)20-15)25(22,24-2)12-5-3-4-11(19)9-12/h3-9,20H,1-2H3. The Bertz CT molecular complexity index is 1020. The molecule has 0 spiro atoms. The van der Waals surface area contributed by atoms with Gasteiger partial charge in [0.15, 0.2) is 0 Å². The van der Waals surface area contributed by atoms with Gasteiger partial charge in [-0.3, -0.25) is 4.57 Å². The molecule has 3 rings (SSSR count). The molecule has 1 N–H and O–H groups in total. The SMILES string of the molecule is COC(=O)c1[nH]c2ccc(Cl)cc2c1P(=O)(OC)c1cccc(F)c1. The van der Waals surface area contributed by atoms with Crippen LogP contribution in [-0.4, -0.2) is 25.2 Å². The van der Waals surface area contributed by atoms with Crippen LogP contribution in [0.1, 0.15) is 10.5 Å². The van der Waals surface area contributed by atoms with Crippen LogP contribution in [0.4, 0.5) is 4.39 Å². The number of hydrogen-bond acceptors (Lipinski definition) is 4. The third-order valence-electron chi connectivity index (χ3n) is 3.82. The number of esters is 1. The van der Waals surface area contributed by atoms with Crippen molar-refractivity contribution in [3.8, 4) is 0 Å². The van der Waals surface area contributed by atoms with Gasteiger partial charge in [0.1, 0.15) is 11.5 Å². The van der Waals surface area contributed by atoms with Gasteiger partial charge in [-0.15, -0.1) is 0 Å². The second-order valence-electron chi connectivity index (χ2n) is 5.24. The van der Waals surface area contributed by atoms with Crippen LogP contribution in [0.25, 0.3) is 10.9 Å². The summed E-state index contributed by atoms with van der Waals surface area (Å²) < 4.78 is 37.5. The molecule has 0 amide bonds. The number of nitrogens with one attached hydrogen (secondary N) is 1. The molecule has 3 aromatic rings. The van der Waals surface area contributed by atoms with E-state index in [1.54, 1.807) is 18.2 Å². The van der Waals surface area contributed by atoms with Gasteiger partial charge in [-0.1, -0.05) is 17.7 Å². The summed E-state index contributed by atoms with van der Waals surface area (Å²) in [5, 5.41) is 1.07. The molecule has 25 heavy (non-hydrogen) atoms. The molecule has 0 bridgehead atoms. The van der Waals surface area contributed by atoms with Crippen molar-refractivity contribution < 1.29 is 23.0 Å². The molecule has 8 heteroatoms. The molecule has 1 heterocycles. The third kappa shape index (κ3) is 2.97. The van der Waals surface area contributed by atoms with Crippen molar-refractivity contribution in [2.24, 2.45) is 0 Å². The summed E-state index contributed by atoms with van der Waals surface area (Å²) in [5.41, 5.74) is 0.516. The lowest BCUT2D eigenvalue weighted by atomic mass is 10.2. The van der Waals surface area contributed by atoms with Crippen molar-refractivity contribution >= 4 is 46.5 Å². The Morgan fingerprint density at radius 1 is 1.20 bits per heavy atom. The van der Waals surface area contributed by atoms with E-state index in [9.17, 15) is 13.8 Å². The highest BCUT2D eigenvalue weighted by Gasteiger charge is 2.36. The topological polar surface area (TPSA) is 68.4 Å². The molecule has 0 radical (unpaired) electrons. The van der Waals surface area contributed by atoms with Crippen LogP contribution in [0, 0.1) is 5.82 Å². The lowest BCUT2D eigenvalue weighted by molar-refractivity contribution is 0.0596. The lowest BCUT2D eigenvalue weighted by Crippen LogP contribution is -2.23. The second-order valence-corrected chi connectivity index (χ2v) is 8.11. The van der Waals surface area contributed by atoms with E-state index in [2.05, 4.69) is 4.98 Å². The monoisotopic (exact) mass is 381 g/mol. The molecule has 0 saturated carbocycles. The molecule has 0 saturated heterocycles. The van der Waals surface area contributed by atoms with Crippen molar-refractivity contribution in [1.82, 2.24) is 4.98 Å². The summed E-state index contributed by atoms with van der Waals surface area (Å²) in [5.74, 6) is -1.27. The maximum Gasteiger partial charge on any atom is 0.355 e.